The van der Waals surface area contributed by atoms with Gasteiger partial charge in [0.05, 0.1) is 5.69 Å². The third-order valence-corrected chi connectivity index (χ3v) is 3.45. The molecular weight excluding hydrogens is 292 g/mol. The molecule has 4 heteroatoms. The van der Waals surface area contributed by atoms with E-state index in [0.29, 0.717) is 11.9 Å². The second kappa shape index (κ2) is 4.86. The molecule has 94 valence electrons. The van der Waals surface area contributed by atoms with Crippen LogP contribution in [0.1, 0.15) is 24.1 Å². The maximum Gasteiger partial charge on any atom is 0.226 e. The summed E-state index contributed by atoms with van der Waals surface area (Å²) in [6, 6.07) is 6.87. The molecule has 0 atom stereocenters. The Morgan fingerprint density at radius 1 is 1.39 bits per heavy atom. The largest absolute Gasteiger partial charge is 0.444 e. The third kappa shape index (κ3) is 2.82. The van der Waals surface area contributed by atoms with Crippen LogP contribution < -0.4 is 5.32 Å². The number of hydrogen-bond acceptors (Lipinski definition) is 3. The second-order valence-electron chi connectivity index (χ2n) is 4.82. The molecule has 1 aromatic carbocycles. The molecule has 0 bridgehead atoms. The molecule has 1 heterocycles. The average molecular weight is 307 g/mol. The molecule has 1 aromatic heterocycles. The van der Waals surface area contributed by atoms with E-state index in [2.05, 4.69) is 45.3 Å². The van der Waals surface area contributed by atoms with Gasteiger partial charge >= 0.3 is 0 Å². The summed E-state index contributed by atoms with van der Waals surface area (Å²) in [4.78, 5) is 4.51. The van der Waals surface area contributed by atoms with Crippen molar-refractivity contribution in [1.82, 2.24) is 10.3 Å². The first kappa shape index (κ1) is 11.9. The van der Waals surface area contributed by atoms with Gasteiger partial charge in [0.2, 0.25) is 5.89 Å². The van der Waals surface area contributed by atoms with Crippen molar-refractivity contribution in [2.75, 3.05) is 0 Å². The minimum absolute atomic E-state index is 0.687. The van der Waals surface area contributed by atoms with Crippen LogP contribution in [0.15, 0.2) is 33.4 Å². The maximum atomic E-state index is 5.54. The Morgan fingerprint density at radius 2 is 2.22 bits per heavy atom. The zero-order chi connectivity index (χ0) is 12.5. The Hall–Kier alpha value is -1.13. The van der Waals surface area contributed by atoms with E-state index in [1.807, 2.05) is 6.07 Å². The fraction of sp³-hybridized carbons (Fsp3) is 0.357. The standard InChI is InChI=1S/C14H15BrN2O/c1-9-4-10(6-11(15)5-9)14-17-13(8-18-14)7-16-12-2-3-12/h4-6,8,12,16H,2-3,7H2,1H3. The van der Waals surface area contributed by atoms with Crippen molar-refractivity contribution in [3.63, 3.8) is 0 Å². The number of nitrogens with zero attached hydrogens (tertiary/aromatic N) is 1. The Morgan fingerprint density at radius 3 is 2.94 bits per heavy atom. The van der Waals surface area contributed by atoms with Crippen LogP contribution in [-0.2, 0) is 6.54 Å². The Kier molecular flexibility index (Phi) is 3.22. The van der Waals surface area contributed by atoms with Crippen molar-refractivity contribution in [3.05, 3.63) is 40.2 Å². The quantitative estimate of drug-likeness (QED) is 0.936. The summed E-state index contributed by atoms with van der Waals surface area (Å²) in [7, 11) is 0. The zero-order valence-electron chi connectivity index (χ0n) is 10.2. The molecule has 0 aliphatic heterocycles. The van der Waals surface area contributed by atoms with E-state index in [0.717, 1.165) is 22.3 Å². The summed E-state index contributed by atoms with van der Waals surface area (Å²) in [5.41, 5.74) is 3.17. The number of halogens is 1. The van der Waals surface area contributed by atoms with Crippen molar-refractivity contribution in [1.29, 1.82) is 0 Å². The van der Waals surface area contributed by atoms with Gasteiger partial charge in [-0.05, 0) is 43.5 Å². The molecule has 1 fully saturated rings. The van der Waals surface area contributed by atoms with E-state index in [1.165, 1.54) is 18.4 Å². The van der Waals surface area contributed by atoms with Crippen LogP contribution in [0, 0.1) is 6.92 Å². The maximum absolute atomic E-state index is 5.54. The monoisotopic (exact) mass is 306 g/mol. The fourth-order valence-corrected chi connectivity index (χ4v) is 2.52. The molecule has 1 aliphatic rings. The summed E-state index contributed by atoms with van der Waals surface area (Å²) in [5.74, 6) is 0.687. The Labute approximate surface area is 115 Å². The van der Waals surface area contributed by atoms with Gasteiger partial charge in [0.25, 0.3) is 0 Å². The van der Waals surface area contributed by atoms with Crippen LogP contribution in [-0.4, -0.2) is 11.0 Å². The van der Waals surface area contributed by atoms with Crippen molar-refractivity contribution >= 4 is 15.9 Å². The van der Waals surface area contributed by atoms with Gasteiger partial charge in [0, 0.05) is 22.6 Å². The van der Waals surface area contributed by atoms with Gasteiger partial charge in [0.1, 0.15) is 6.26 Å². The molecule has 18 heavy (non-hydrogen) atoms. The highest BCUT2D eigenvalue weighted by Crippen LogP contribution is 2.25. The first-order valence-electron chi connectivity index (χ1n) is 6.16. The first-order chi connectivity index (χ1) is 8.70. The van der Waals surface area contributed by atoms with Crippen LogP contribution >= 0.6 is 15.9 Å². The number of aryl methyl sites for hydroxylation is 1. The number of rotatable bonds is 4. The topological polar surface area (TPSA) is 38.1 Å². The van der Waals surface area contributed by atoms with E-state index in [1.54, 1.807) is 6.26 Å². The third-order valence-electron chi connectivity index (χ3n) is 2.99. The van der Waals surface area contributed by atoms with E-state index >= 15 is 0 Å². The van der Waals surface area contributed by atoms with Crippen LogP contribution in [0.5, 0.6) is 0 Å². The molecule has 0 spiro atoms. The van der Waals surface area contributed by atoms with Gasteiger partial charge in [-0.25, -0.2) is 4.98 Å². The highest BCUT2D eigenvalue weighted by atomic mass is 79.9. The second-order valence-corrected chi connectivity index (χ2v) is 5.73. The van der Waals surface area contributed by atoms with Crippen molar-refractivity contribution in [3.8, 4) is 11.5 Å². The van der Waals surface area contributed by atoms with Crippen molar-refractivity contribution in [2.45, 2.75) is 32.4 Å². The minimum Gasteiger partial charge on any atom is -0.444 e. The molecule has 0 radical (unpaired) electrons. The lowest BCUT2D eigenvalue weighted by Crippen LogP contribution is -2.15. The minimum atomic E-state index is 0.687. The van der Waals surface area contributed by atoms with Gasteiger partial charge < -0.3 is 9.73 Å². The number of oxazole rings is 1. The molecule has 0 saturated heterocycles. The number of benzene rings is 1. The molecule has 2 aromatic rings. The van der Waals surface area contributed by atoms with E-state index in [4.69, 9.17) is 4.42 Å². The molecule has 1 N–H and O–H groups in total. The fourth-order valence-electron chi connectivity index (χ4n) is 1.92. The van der Waals surface area contributed by atoms with E-state index in [-0.39, 0.29) is 0 Å². The van der Waals surface area contributed by atoms with Gasteiger partial charge in [-0.1, -0.05) is 15.9 Å². The van der Waals surface area contributed by atoms with Gasteiger partial charge in [-0.2, -0.15) is 0 Å². The number of hydrogen-bond donors (Lipinski definition) is 1. The van der Waals surface area contributed by atoms with Gasteiger partial charge in [0.15, 0.2) is 0 Å². The Balaban J connectivity index is 1.78. The lowest BCUT2D eigenvalue weighted by Gasteiger charge is -1.99. The average Bonchev–Trinajstić information content (AvgIpc) is 3.02. The van der Waals surface area contributed by atoms with E-state index < -0.39 is 0 Å². The van der Waals surface area contributed by atoms with Crippen LogP contribution in [0.4, 0.5) is 0 Å². The first-order valence-corrected chi connectivity index (χ1v) is 6.95. The molecule has 1 saturated carbocycles. The summed E-state index contributed by atoms with van der Waals surface area (Å²) in [5, 5.41) is 3.43. The molecule has 1 aliphatic carbocycles. The smallest absolute Gasteiger partial charge is 0.226 e. The van der Waals surface area contributed by atoms with Crippen LogP contribution in [0.2, 0.25) is 0 Å². The molecule has 0 amide bonds. The number of nitrogens with one attached hydrogen (secondary N) is 1. The van der Waals surface area contributed by atoms with Crippen molar-refractivity contribution < 1.29 is 4.42 Å². The molecule has 3 nitrogen and oxygen atoms in total. The summed E-state index contributed by atoms with van der Waals surface area (Å²) in [6.07, 6.45) is 4.31. The highest BCUT2D eigenvalue weighted by Gasteiger charge is 2.20. The molecule has 0 unspecified atom stereocenters. The highest BCUT2D eigenvalue weighted by molar-refractivity contribution is 9.10. The summed E-state index contributed by atoms with van der Waals surface area (Å²) < 4.78 is 6.59. The summed E-state index contributed by atoms with van der Waals surface area (Å²) >= 11 is 3.49. The lowest BCUT2D eigenvalue weighted by molar-refractivity contribution is 0.570. The molecule has 3 rings (SSSR count). The predicted octanol–water partition coefficient (Wildman–Crippen LogP) is 3.66. The predicted molar refractivity (Wildman–Crippen MR) is 74.2 cm³/mol. The zero-order valence-corrected chi connectivity index (χ0v) is 11.8. The lowest BCUT2D eigenvalue weighted by atomic mass is 10.1. The van der Waals surface area contributed by atoms with Gasteiger partial charge in [-0.15, -0.1) is 0 Å². The normalized spacial score (nSPS) is 15.0. The number of aromatic nitrogens is 1. The Bertz CT molecular complexity index is 540. The van der Waals surface area contributed by atoms with E-state index in [9.17, 15) is 0 Å². The van der Waals surface area contributed by atoms with Gasteiger partial charge in [-0.3, -0.25) is 0 Å². The van der Waals surface area contributed by atoms with Crippen LogP contribution in [0.25, 0.3) is 11.5 Å². The summed E-state index contributed by atoms with van der Waals surface area (Å²) in [6.45, 7) is 2.86. The SMILES string of the molecule is Cc1cc(Br)cc(-c2nc(CNC3CC3)co2)c1. The molecular formula is C14H15BrN2O. The van der Waals surface area contributed by atoms with Crippen molar-refractivity contribution in [2.24, 2.45) is 0 Å². The van der Waals surface area contributed by atoms with Crippen LogP contribution in [0.3, 0.4) is 0 Å².